The number of aromatic nitrogens is 1. The molecule has 0 bridgehead atoms. The van der Waals surface area contributed by atoms with E-state index in [1.165, 1.54) is 0 Å². The zero-order valence-electron chi connectivity index (χ0n) is 20.0. The normalized spacial score (nSPS) is 14.6. The van der Waals surface area contributed by atoms with Gasteiger partial charge in [0.15, 0.2) is 0 Å². The number of aryl methyl sites for hydroxylation is 2. The monoisotopic (exact) mass is 530 g/mol. The van der Waals surface area contributed by atoms with Crippen LogP contribution in [0.25, 0.3) is 22.3 Å². The number of benzene rings is 3. The molecule has 0 saturated heterocycles. The molecule has 5 rings (SSSR count). The van der Waals surface area contributed by atoms with Gasteiger partial charge >= 0.3 is 0 Å². The van der Waals surface area contributed by atoms with Crippen molar-refractivity contribution < 1.29 is 0 Å². The number of nitrogens with zero attached hydrogens (tertiary/aromatic N) is 3. The molecule has 1 aliphatic rings. The summed E-state index contributed by atoms with van der Waals surface area (Å²) in [5, 5.41) is 20.5. The number of nitriles is 2. The molecule has 0 radical (unpaired) electrons. The summed E-state index contributed by atoms with van der Waals surface area (Å²) in [5.41, 5.74) is 15.6. The summed E-state index contributed by atoms with van der Waals surface area (Å²) in [6.45, 7) is 4.07. The maximum absolute atomic E-state index is 10.4. The van der Waals surface area contributed by atoms with Gasteiger partial charge in [0.1, 0.15) is 23.5 Å². The second-order valence-corrected chi connectivity index (χ2v) is 10.0. The van der Waals surface area contributed by atoms with Crippen molar-refractivity contribution in [2.45, 2.75) is 26.2 Å². The SMILES string of the molecule is Cc1ccc(C2=C(C#N)c3nc(N)c(C#N)c(-c4ccc(C)cc4)c3C(c3ccc(Br)cc3)C2)cc1. The summed E-state index contributed by atoms with van der Waals surface area (Å²) in [7, 11) is 0. The molecular weight excluding hydrogens is 508 g/mol. The van der Waals surface area contributed by atoms with E-state index < -0.39 is 0 Å². The van der Waals surface area contributed by atoms with E-state index in [-0.39, 0.29) is 11.7 Å². The second kappa shape index (κ2) is 9.46. The minimum atomic E-state index is -0.113. The first kappa shape index (κ1) is 23.5. The van der Waals surface area contributed by atoms with Gasteiger partial charge in [0.2, 0.25) is 0 Å². The van der Waals surface area contributed by atoms with Crippen molar-refractivity contribution in [1.29, 1.82) is 10.5 Å². The molecule has 5 heteroatoms. The molecule has 4 aromatic rings. The Morgan fingerprint density at radius 3 is 1.97 bits per heavy atom. The number of halogens is 1. The average molecular weight is 531 g/mol. The summed E-state index contributed by atoms with van der Waals surface area (Å²) < 4.78 is 0.987. The van der Waals surface area contributed by atoms with Crippen LogP contribution in [0.3, 0.4) is 0 Å². The van der Waals surface area contributed by atoms with Crippen LogP contribution in [-0.4, -0.2) is 4.98 Å². The van der Waals surface area contributed by atoms with Crippen LogP contribution < -0.4 is 5.73 Å². The van der Waals surface area contributed by atoms with E-state index in [1.807, 2.05) is 50.2 Å². The Morgan fingerprint density at radius 1 is 0.833 bits per heavy atom. The maximum Gasteiger partial charge on any atom is 0.142 e. The van der Waals surface area contributed by atoms with Crippen LogP contribution in [0.4, 0.5) is 5.82 Å². The van der Waals surface area contributed by atoms with Crippen molar-refractivity contribution in [3.8, 4) is 23.3 Å². The topological polar surface area (TPSA) is 86.5 Å². The molecule has 2 N–H and O–H groups in total. The first-order valence-electron chi connectivity index (χ1n) is 11.7. The minimum absolute atomic E-state index is 0.113. The van der Waals surface area contributed by atoms with E-state index >= 15 is 0 Å². The lowest BCUT2D eigenvalue weighted by atomic mass is 9.72. The van der Waals surface area contributed by atoms with Gasteiger partial charge in [-0.3, -0.25) is 0 Å². The quantitative estimate of drug-likeness (QED) is 0.296. The lowest BCUT2D eigenvalue weighted by Gasteiger charge is -2.31. The zero-order chi connectivity index (χ0) is 25.4. The molecule has 1 heterocycles. The first-order chi connectivity index (χ1) is 17.4. The van der Waals surface area contributed by atoms with Crippen molar-refractivity contribution in [1.82, 2.24) is 4.98 Å². The van der Waals surface area contributed by atoms with E-state index in [9.17, 15) is 10.5 Å². The Balaban J connectivity index is 1.89. The Morgan fingerprint density at radius 2 is 1.42 bits per heavy atom. The second-order valence-electron chi connectivity index (χ2n) is 9.13. The number of nitrogens with two attached hydrogens (primary N) is 1. The number of allylic oxidation sites excluding steroid dienone is 2. The van der Waals surface area contributed by atoms with Gasteiger partial charge in [0.05, 0.1) is 11.3 Å². The Bertz CT molecular complexity index is 1580. The van der Waals surface area contributed by atoms with Gasteiger partial charge in [-0.15, -0.1) is 0 Å². The Kier molecular flexibility index (Phi) is 6.18. The summed E-state index contributed by atoms with van der Waals surface area (Å²) >= 11 is 3.54. The van der Waals surface area contributed by atoms with Crippen molar-refractivity contribution in [2.24, 2.45) is 0 Å². The highest BCUT2D eigenvalue weighted by Crippen LogP contribution is 2.50. The lowest BCUT2D eigenvalue weighted by molar-refractivity contribution is 0.821. The van der Waals surface area contributed by atoms with Crippen LogP contribution in [-0.2, 0) is 0 Å². The molecule has 0 spiro atoms. The van der Waals surface area contributed by atoms with Gasteiger partial charge in [0.25, 0.3) is 0 Å². The molecular formula is C31H23BrN4. The number of hydrogen-bond donors (Lipinski definition) is 1. The third kappa shape index (κ3) is 4.09. The van der Waals surface area contributed by atoms with Gasteiger partial charge < -0.3 is 5.73 Å². The lowest BCUT2D eigenvalue weighted by Crippen LogP contribution is -2.17. The Labute approximate surface area is 219 Å². The molecule has 1 aliphatic carbocycles. The van der Waals surface area contributed by atoms with Gasteiger partial charge in [-0.05, 0) is 60.2 Å². The molecule has 3 aromatic carbocycles. The van der Waals surface area contributed by atoms with Crippen molar-refractivity contribution in [3.63, 3.8) is 0 Å². The summed E-state index contributed by atoms with van der Waals surface area (Å²) in [6, 6.07) is 29.2. The number of fused-ring (bicyclic) bond motifs is 1. The predicted octanol–water partition coefficient (Wildman–Crippen LogP) is 7.55. The minimum Gasteiger partial charge on any atom is -0.383 e. The van der Waals surface area contributed by atoms with Crippen molar-refractivity contribution >= 4 is 32.9 Å². The fourth-order valence-electron chi connectivity index (χ4n) is 4.95. The van der Waals surface area contributed by atoms with Crippen LogP contribution in [0.5, 0.6) is 0 Å². The molecule has 0 saturated carbocycles. The fourth-order valence-corrected chi connectivity index (χ4v) is 5.21. The number of anilines is 1. The molecule has 1 aromatic heterocycles. The molecule has 174 valence electrons. The van der Waals surface area contributed by atoms with E-state index in [0.29, 0.717) is 23.3 Å². The third-order valence-corrected chi connectivity index (χ3v) is 7.32. The average Bonchev–Trinajstić information content (AvgIpc) is 2.88. The standard InChI is InChI=1S/C31H23BrN4/c1-18-3-7-20(8-4-18)24-15-25(21-11-13-23(32)14-12-21)29-28(22-9-5-19(2)6-10-22)27(17-34)31(35)36-30(29)26(24)16-33/h3-14,25H,15H2,1-2H3,(H2,35,36). The van der Waals surface area contributed by atoms with Crippen LogP contribution in [0.2, 0.25) is 0 Å². The van der Waals surface area contributed by atoms with Gasteiger partial charge in [-0.2, -0.15) is 10.5 Å². The van der Waals surface area contributed by atoms with Gasteiger partial charge in [-0.25, -0.2) is 4.98 Å². The Hall–Kier alpha value is -4.19. The predicted molar refractivity (Wildman–Crippen MR) is 148 cm³/mol. The highest BCUT2D eigenvalue weighted by Gasteiger charge is 2.34. The van der Waals surface area contributed by atoms with Gasteiger partial charge in [0, 0.05) is 16.0 Å². The molecule has 0 aliphatic heterocycles. The molecule has 0 amide bonds. The summed E-state index contributed by atoms with van der Waals surface area (Å²) in [4.78, 5) is 4.69. The van der Waals surface area contributed by atoms with Gasteiger partial charge in [-0.1, -0.05) is 87.7 Å². The van der Waals surface area contributed by atoms with E-state index in [2.05, 4.69) is 64.5 Å². The molecule has 4 nitrogen and oxygen atoms in total. The third-order valence-electron chi connectivity index (χ3n) is 6.79. The zero-order valence-corrected chi connectivity index (χ0v) is 21.6. The van der Waals surface area contributed by atoms with E-state index in [4.69, 9.17) is 10.7 Å². The van der Waals surface area contributed by atoms with Crippen LogP contribution in [0.1, 0.15) is 51.4 Å². The summed E-state index contributed by atoms with van der Waals surface area (Å²) in [6.07, 6.45) is 0.607. The van der Waals surface area contributed by atoms with Crippen molar-refractivity contribution in [3.05, 3.63) is 116 Å². The van der Waals surface area contributed by atoms with Crippen LogP contribution in [0.15, 0.2) is 77.3 Å². The smallest absolute Gasteiger partial charge is 0.142 e. The van der Waals surface area contributed by atoms with Crippen LogP contribution >= 0.6 is 15.9 Å². The molecule has 36 heavy (non-hydrogen) atoms. The number of rotatable bonds is 3. The number of pyridine rings is 1. The number of hydrogen-bond acceptors (Lipinski definition) is 4. The largest absolute Gasteiger partial charge is 0.383 e. The fraction of sp³-hybridized carbons (Fsp3) is 0.129. The number of nitrogen functional groups attached to an aromatic ring is 1. The highest BCUT2D eigenvalue weighted by molar-refractivity contribution is 9.10. The van der Waals surface area contributed by atoms with E-state index in [0.717, 1.165) is 49.0 Å². The molecule has 1 atom stereocenters. The van der Waals surface area contributed by atoms with Crippen LogP contribution in [0, 0.1) is 36.5 Å². The maximum atomic E-state index is 10.4. The van der Waals surface area contributed by atoms with E-state index in [1.54, 1.807) is 0 Å². The summed E-state index contributed by atoms with van der Waals surface area (Å²) in [5.74, 6) is 0.0253. The molecule has 0 fully saturated rings. The first-order valence-corrected chi connectivity index (χ1v) is 12.5. The highest BCUT2D eigenvalue weighted by atomic mass is 79.9. The molecule has 1 unspecified atom stereocenters. The van der Waals surface area contributed by atoms with Crippen molar-refractivity contribution in [2.75, 3.05) is 5.73 Å².